The summed E-state index contributed by atoms with van der Waals surface area (Å²) in [5.41, 5.74) is 1.17. The van der Waals surface area contributed by atoms with Crippen molar-refractivity contribution in [1.82, 2.24) is 5.32 Å². The molecule has 1 heterocycles. The third kappa shape index (κ3) is 2.00. The van der Waals surface area contributed by atoms with Gasteiger partial charge in [0.15, 0.2) is 11.5 Å². The average Bonchev–Trinajstić information content (AvgIpc) is 2.90. The zero-order chi connectivity index (χ0) is 14.2. The fourth-order valence-corrected chi connectivity index (χ4v) is 3.47. The van der Waals surface area contributed by atoms with E-state index in [1.807, 2.05) is 12.1 Å². The van der Waals surface area contributed by atoms with Crippen LogP contribution in [0.4, 0.5) is 0 Å². The largest absolute Gasteiger partial charge is 0.493 e. The number of hydrogen-bond donors (Lipinski definition) is 2. The third-order valence-electron chi connectivity index (χ3n) is 4.57. The summed E-state index contributed by atoms with van der Waals surface area (Å²) >= 11 is 0. The van der Waals surface area contributed by atoms with Crippen molar-refractivity contribution in [3.8, 4) is 11.5 Å². The molecule has 1 aliphatic heterocycles. The summed E-state index contributed by atoms with van der Waals surface area (Å²) in [4.78, 5) is 0. The number of rotatable bonds is 3. The smallest absolute Gasteiger partial charge is 0.161 e. The maximum atomic E-state index is 9.83. The van der Waals surface area contributed by atoms with Crippen molar-refractivity contribution in [1.29, 1.82) is 0 Å². The molecule has 108 valence electrons. The zero-order valence-corrected chi connectivity index (χ0v) is 11.9. The van der Waals surface area contributed by atoms with Crippen LogP contribution in [0.1, 0.15) is 18.4 Å². The van der Waals surface area contributed by atoms with Gasteiger partial charge in [-0.15, -0.1) is 0 Å². The van der Waals surface area contributed by atoms with Gasteiger partial charge in [0.1, 0.15) is 0 Å². The van der Waals surface area contributed by atoms with Crippen LogP contribution < -0.4 is 14.8 Å². The van der Waals surface area contributed by atoms with Crippen molar-refractivity contribution >= 4 is 0 Å². The van der Waals surface area contributed by atoms with Gasteiger partial charge < -0.3 is 19.9 Å². The summed E-state index contributed by atoms with van der Waals surface area (Å²) < 4.78 is 10.7. The molecule has 1 aliphatic carbocycles. The SMILES string of the molecule is COc1ccc([C@@]23C=C[C@H](O)C[C@@H]2NCC3)cc1OC. The Morgan fingerprint density at radius 2 is 2.05 bits per heavy atom. The molecule has 2 aliphatic rings. The second-order valence-electron chi connectivity index (χ2n) is 5.53. The van der Waals surface area contributed by atoms with E-state index in [1.165, 1.54) is 5.56 Å². The van der Waals surface area contributed by atoms with Gasteiger partial charge in [-0.25, -0.2) is 0 Å². The molecule has 0 bridgehead atoms. The molecule has 0 spiro atoms. The molecule has 0 saturated carbocycles. The van der Waals surface area contributed by atoms with Crippen molar-refractivity contribution in [2.75, 3.05) is 20.8 Å². The summed E-state index contributed by atoms with van der Waals surface area (Å²) in [6.07, 6.45) is 5.52. The number of fused-ring (bicyclic) bond motifs is 1. The minimum Gasteiger partial charge on any atom is -0.493 e. The lowest BCUT2D eigenvalue weighted by molar-refractivity contribution is 0.175. The Labute approximate surface area is 119 Å². The molecule has 4 heteroatoms. The van der Waals surface area contributed by atoms with Crippen molar-refractivity contribution < 1.29 is 14.6 Å². The van der Waals surface area contributed by atoms with Gasteiger partial charge in [-0.3, -0.25) is 0 Å². The van der Waals surface area contributed by atoms with E-state index in [2.05, 4.69) is 23.5 Å². The van der Waals surface area contributed by atoms with E-state index in [0.717, 1.165) is 30.9 Å². The molecule has 1 fully saturated rings. The van der Waals surface area contributed by atoms with Crippen LogP contribution in [-0.2, 0) is 5.41 Å². The number of nitrogens with one attached hydrogen (secondary N) is 1. The summed E-state index contributed by atoms with van der Waals surface area (Å²) in [5, 5.41) is 13.3. The Bertz CT molecular complexity index is 528. The van der Waals surface area contributed by atoms with Crippen LogP contribution >= 0.6 is 0 Å². The maximum Gasteiger partial charge on any atom is 0.161 e. The average molecular weight is 275 g/mol. The Hall–Kier alpha value is -1.52. The van der Waals surface area contributed by atoms with Crippen molar-refractivity contribution in [2.45, 2.75) is 30.4 Å². The highest BCUT2D eigenvalue weighted by Gasteiger charge is 2.45. The fourth-order valence-electron chi connectivity index (χ4n) is 3.47. The van der Waals surface area contributed by atoms with E-state index in [9.17, 15) is 5.11 Å². The lowest BCUT2D eigenvalue weighted by Gasteiger charge is -2.37. The predicted octanol–water partition coefficient (Wildman–Crippen LogP) is 1.62. The molecule has 1 aromatic rings. The molecule has 1 aromatic carbocycles. The van der Waals surface area contributed by atoms with E-state index in [1.54, 1.807) is 14.2 Å². The number of aliphatic hydroxyl groups is 1. The molecule has 0 radical (unpaired) electrons. The van der Waals surface area contributed by atoms with Gasteiger partial charge >= 0.3 is 0 Å². The van der Waals surface area contributed by atoms with E-state index in [4.69, 9.17) is 9.47 Å². The minimum absolute atomic E-state index is 0.0429. The van der Waals surface area contributed by atoms with E-state index in [0.29, 0.717) is 0 Å². The molecule has 20 heavy (non-hydrogen) atoms. The van der Waals surface area contributed by atoms with Crippen LogP contribution in [0.25, 0.3) is 0 Å². The molecule has 3 atom stereocenters. The number of methoxy groups -OCH3 is 2. The highest BCUT2D eigenvalue weighted by molar-refractivity contribution is 5.48. The van der Waals surface area contributed by atoms with Gasteiger partial charge in [0.25, 0.3) is 0 Å². The van der Waals surface area contributed by atoms with E-state index in [-0.39, 0.29) is 17.6 Å². The van der Waals surface area contributed by atoms with Gasteiger partial charge in [-0.2, -0.15) is 0 Å². The van der Waals surface area contributed by atoms with E-state index >= 15 is 0 Å². The normalized spacial score (nSPS) is 31.9. The molecule has 4 nitrogen and oxygen atoms in total. The van der Waals surface area contributed by atoms with Crippen molar-refractivity contribution in [3.63, 3.8) is 0 Å². The molecule has 1 saturated heterocycles. The van der Waals surface area contributed by atoms with Gasteiger partial charge in [0, 0.05) is 11.5 Å². The fraction of sp³-hybridized carbons (Fsp3) is 0.500. The first-order chi connectivity index (χ1) is 9.69. The summed E-state index contributed by atoms with van der Waals surface area (Å²) in [5.74, 6) is 1.50. The Balaban J connectivity index is 2.05. The lowest BCUT2D eigenvalue weighted by Crippen LogP contribution is -2.43. The minimum atomic E-state index is -0.348. The quantitative estimate of drug-likeness (QED) is 0.823. The number of benzene rings is 1. The van der Waals surface area contributed by atoms with Gasteiger partial charge in [0.2, 0.25) is 0 Å². The Kier molecular flexibility index (Phi) is 3.44. The molecule has 0 aromatic heterocycles. The first-order valence-corrected chi connectivity index (χ1v) is 7.03. The zero-order valence-electron chi connectivity index (χ0n) is 11.9. The van der Waals surface area contributed by atoms with E-state index < -0.39 is 0 Å². The van der Waals surface area contributed by atoms with Crippen LogP contribution in [0, 0.1) is 0 Å². The highest BCUT2D eigenvalue weighted by atomic mass is 16.5. The summed E-state index contributed by atoms with van der Waals surface area (Å²) in [7, 11) is 3.30. The second kappa shape index (κ2) is 5.11. The van der Waals surface area contributed by atoms with Gasteiger partial charge in [0.05, 0.1) is 20.3 Å². The molecule has 0 amide bonds. The lowest BCUT2D eigenvalue weighted by atomic mass is 9.69. The Morgan fingerprint density at radius 1 is 1.25 bits per heavy atom. The standard InChI is InChI=1S/C16H21NO3/c1-19-13-4-3-11(9-14(13)20-2)16-6-5-12(18)10-15(16)17-8-7-16/h3-6,9,12,15,17-18H,7-8,10H2,1-2H3/t12-,15-,16-/m0/s1. The van der Waals surface area contributed by atoms with Crippen LogP contribution in [-0.4, -0.2) is 38.0 Å². The van der Waals surface area contributed by atoms with Crippen molar-refractivity contribution in [2.24, 2.45) is 0 Å². The van der Waals surface area contributed by atoms with Crippen LogP contribution in [0.2, 0.25) is 0 Å². The van der Waals surface area contributed by atoms with Crippen LogP contribution in [0.3, 0.4) is 0 Å². The topological polar surface area (TPSA) is 50.7 Å². The predicted molar refractivity (Wildman–Crippen MR) is 77.4 cm³/mol. The number of aliphatic hydroxyl groups excluding tert-OH is 1. The van der Waals surface area contributed by atoms with Gasteiger partial charge in [-0.05, 0) is 37.1 Å². The monoisotopic (exact) mass is 275 g/mol. The van der Waals surface area contributed by atoms with Crippen LogP contribution in [0.5, 0.6) is 11.5 Å². The molecular weight excluding hydrogens is 254 g/mol. The molecular formula is C16H21NO3. The first-order valence-electron chi connectivity index (χ1n) is 7.03. The third-order valence-corrected chi connectivity index (χ3v) is 4.57. The van der Waals surface area contributed by atoms with Crippen molar-refractivity contribution in [3.05, 3.63) is 35.9 Å². The number of ether oxygens (including phenoxy) is 2. The summed E-state index contributed by atoms with van der Waals surface area (Å²) in [6, 6.07) is 6.39. The second-order valence-corrected chi connectivity index (χ2v) is 5.53. The molecule has 2 N–H and O–H groups in total. The van der Waals surface area contributed by atoms with Gasteiger partial charge in [-0.1, -0.05) is 18.2 Å². The van der Waals surface area contributed by atoms with Crippen LogP contribution in [0.15, 0.2) is 30.4 Å². The summed E-state index contributed by atoms with van der Waals surface area (Å²) in [6.45, 7) is 0.968. The maximum absolute atomic E-state index is 9.83. The number of hydrogen-bond acceptors (Lipinski definition) is 4. The molecule has 0 unspecified atom stereocenters. The molecule has 3 rings (SSSR count). The Morgan fingerprint density at radius 3 is 2.80 bits per heavy atom. The first kappa shape index (κ1) is 13.5. The highest BCUT2D eigenvalue weighted by Crippen LogP contribution is 2.44.